The highest BCUT2D eigenvalue weighted by molar-refractivity contribution is 8.03. The number of halogens is 6. The van der Waals surface area contributed by atoms with Gasteiger partial charge in [0.15, 0.2) is 10.8 Å². The molecule has 0 spiro atoms. The van der Waals surface area contributed by atoms with Gasteiger partial charge in [0.1, 0.15) is 5.69 Å². The van der Waals surface area contributed by atoms with Crippen LogP contribution < -0.4 is 4.74 Å². The van der Waals surface area contributed by atoms with Gasteiger partial charge in [-0.1, -0.05) is 23.9 Å². The third kappa shape index (κ3) is 4.11. The van der Waals surface area contributed by atoms with Crippen LogP contribution in [0, 0.1) is 0 Å². The minimum atomic E-state index is -5.48. The molecule has 130 valence electrons. The fourth-order valence-corrected chi connectivity index (χ4v) is 2.88. The molecule has 1 aromatic rings. The molecule has 0 N–H and O–H groups in total. The maximum absolute atomic E-state index is 13.1. The Hall–Kier alpha value is -1.97. The lowest BCUT2D eigenvalue weighted by Crippen LogP contribution is -2.50. The number of thioether (sulfide) groups is 1. The van der Waals surface area contributed by atoms with E-state index in [-0.39, 0.29) is 17.5 Å². The largest absolute Gasteiger partial charge is 0.523 e. The Bertz CT molecular complexity index is 696. The Labute approximate surface area is 135 Å². The normalized spacial score (nSPS) is 21.2. The molecule has 0 saturated heterocycles. The lowest BCUT2D eigenvalue weighted by atomic mass is 10.1. The first-order valence-corrected chi connectivity index (χ1v) is 7.09. The standard InChI is InChI=1S/C13H7F6NO3S/c14-12(15,16)11(23-13(17,18)19)5-10(24-6-11)22-9-4-2-1-3-8(9)20-7-21/h1-5H,6H2. The fraction of sp³-hybridized carbons (Fsp3) is 0.308. The first kappa shape index (κ1) is 18.4. The van der Waals surface area contributed by atoms with Gasteiger partial charge in [0.25, 0.3) is 0 Å². The molecule has 1 atom stereocenters. The zero-order chi connectivity index (χ0) is 18.0. The summed E-state index contributed by atoms with van der Waals surface area (Å²) in [6, 6.07) is 5.54. The number of ether oxygens (including phenoxy) is 2. The molecule has 1 aromatic carbocycles. The van der Waals surface area contributed by atoms with Crippen molar-refractivity contribution in [1.29, 1.82) is 0 Å². The predicted octanol–water partition coefficient (Wildman–Crippen LogP) is 4.46. The van der Waals surface area contributed by atoms with Gasteiger partial charge >= 0.3 is 12.5 Å². The highest BCUT2D eigenvalue weighted by Crippen LogP contribution is 2.48. The van der Waals surface area contributed by atoms with Crippen LogP contribution in [-0.4, -0.2) is 30.0 Å². The molecular formula is C13H7F6NO3S. The summed E-state index contributed by atoms with van der Waals surface area (Å²) < 4.78 is 84.6. The van der Waals surface area contributed by atoms with E-state index in [1.807, 2.05) is 0 Å². The van der Waals surface area contributed by atoms with Crippen LogP contribution in [0.2, 0.25) is 0 Å². The zero-order valence-electron chi connectivity index (χ0n) is 11.4. The summed E-state index contributed by atoms with van der Waals surface area (Å²) in [5.41, 5.74) is -3.58. The Balaban J connectivity index is 2.33. The van der Waals surface area contributed by atoms with Crippen LogP contribution in [0.5, 0.6) is 5.75 Å². The molecule has 0 bridgehead atoms. The van der Waals surface area contributed by atoms with Crippen molar-refractivity contribution in [2.75, 3.05) is 5.75 Å². The average Bonchev–Trinajstić information content (AvgIpc) is 2.83. The van der Waals surface area contributed by atoms with E-state index in [0.29, 0.717) is 11.8 Å². The van der Waals surface area contributed by atoms with E-state index in [1.165, 1.54) is 30.3 Å². The van der Waals surface area contributed by atoms with E-state index in [2.05, 4.69) is 9.73 Å². The molecule has 0 aliphatic carbocycles. The predicted molar refractivity (Wildman–Crippen MR) is 71.3 cm³/mol. The second-order valence-corrected chi connectivity index (χ2v) is 5.44. The molecule has 0 fully saturated rings. The highest BCUT2D eigenvalue weighted by Gasteiger charge is 2.62. The van der Waals surface area contributed by atoms with Gasteiger partial charge in [-0.15, -0.1) is 13.2 Å². The minimum Gasteiger partial charge on any atom is -0.448 e. The summed E-state index contributed by atoms with van der Waals surface area (Å²) in [6.07, 6.45) is -9.34. The Morgan fingerprint density at radius 2 is 1.83 bits per heavy atom. The maximum Gasteiger partial charge on any atom is 0.523 e. The summed E-state index contributed by atoms with van der Waals surface area (Å²) in [6.45, 7) is 0. The van der Waals surface area contributed by atoms with Crippen molar-refractivity contribution in [1.82, 2.24) is 0 Å². The fourth-order valence-electron chi connectivity index (χ4n) is 1.79. The lowest BCUT2D eigenvalue weighted by Gasteiger charge is -2.29. The molecule has 0 saturated carbocycles. The maximum atomic E-state index is 13.1. The molecule has 0 amide bonds. The van der Waals surface area contributed by atoms with Crippen molar-refractivity contribution in [2.24, 2.45) is 4.99 Å². The molecule has 1 aliphatic rings. The summed E-state index contributed by atoms with van der Waals surface area (Å²) in [5, 5.41) is -0.454. The van der Waals surface area contributed by atoms with Crippen molar-refractivity contribution in [2.45, 2.75) is 18.1 Å². The average molecular weight is 371 g/mol. The van der Waals surface area contributed by atoms with Gasteiger partial charge in [0, 0.05) is 11.8 Å². The van der Waals surface area contributed by atoms with Gasteiger partial charge in [-0.2, -0.15) is 18.2 Å². The molecule has 0 radical (unpaired) electrons. The van der Waals surface area contributed by atoms with Crippen LogP contribution in [-0.2, 0) is 9.53 Å². The van der Waals surface area contributed by atoms with Crippen molar-refractivity contribution in [3.05, 3.63) is 35.4 Å². The SMILES string of the molecule is O=C=Nc1ccccc1OC1=CC(OC(F)(F)F)(C(F)(F)F)CS1. The number of carbonyl (C=O) groups excluding carboxylic acids is 1. The third-order valence-electron chi connectivity index (χ3n) is 2.80. The van der Waals surface area contributed by atoms with Gasteiger partial charge in [-0.05, 0) is 12.1 Å². The number of para-hydroxylation sites is 2. The van der Waals surface area contributed by atoms with Crippen LogP contribution in [0.4, 0.5) is 32.0 Å². The molecule has 1 unspecified atom stereocenters. The quantitative estimate of drug-likeness (QED) is 0.446. The Morgan fingerprint density at radius 1 is 1.17 bits per heavy atom. The van der Waals surface area contributed by atoms with Gasteiger partial charge in [0.2, 0.25) is 11.7 Å². The topological polar surface area (TPSA) is 47.9 Å². The van der Waals surface area contributed by atoms with Crippen molar-refractivity contribution in [3.8, 4) is 5.75 Å². The monoisotopic (exact) mass is 371 g/mol. The Kier molecular flexibility index (Phi) is 4.97. The van der Waals surface area contributed by atoms with Gasteiger partial charge in [0.05, 0.1) is 0 Å². The number of hydrogen-bond donors (Lipinski definition) is 0. The molecule has 2 rings (SSSR count). The van der Waals surface area contributed by atoms with E-state index >= 15 is 0 Å². The molecule has 1 aliphatic heterocycles. The second-order valence-electron chi connectivity index (χ2n) is 4.46. The molecule has 1 heterocycles. The summed E-state index contributed by atoms with van der Waals surface area (Å²) in [5.74, 6) is -1.17. The third-order valence-corrected chi connectivity index (χ3v) is 3.86. The van der Waals surface area contributed by atoms with Crippen LogP contribution in [0.25, 0.3) is 0 Å². The minimum absolute atomic E-state index is 0.0322. The van der Waals surface area contributed by atoms with Crippen LogP contribution in [0.1, 0.15) is 0 Å². The first-order chi connectivity index (χ1) is 11.1. The van der Waals surface area contributed by atoms with Gasteiger partial charge < -0.3 is 4.74 Å². The lowest BCUT2D eigenvalue weighted by molar-refractivity contribution is -0.397. The Morgan fingerprint density at radius 3 is 2.42 bits per heavy atom. The summed E-state index contributed by atoms with van der Waals surface area (Å²) in [4.78, 5) is 13.6. The first-order valence-electron chi connectivity index (χ1n) is 6.10. The summed E-state index contributed by atoms with van der Waals surface area (Å²) >= 11 is 0.392. The van der Waals surface area contributed by atoms with E-state index in [1.54, 1.807) is 0 Å². The number of rotatable bonds is 4. The zero-order valence-corrected chi connectivity index (χ0v) is 12.3. The number of hydrogen-bond acceptors (Lipinski definition) is 5. The molecule has 24 heavy (non-hydrogen) atoms. The van der Waals surface area contributed by atoms with Gasteiger partial charge in [-0.3, -0.25) is 4.74 Å². The smallest absolute Gasteiger partial charge is 0.448 e. The van der Waals surface area contributed by atoms with E-state index in [4.69, 9.17) is 4.74 Å². The molecule has 11 heteroatoms. The number of alkyl halides is 6. The van der Waals surface area contributed by atoms with E-state index in [9.17, 15) is 31.1 Å². The molecule has 4 nitrogen and oxygen atoms in total. The van der Waals surface area contributed by atoms with Crippen molar-refractivity contribution < 1.29 is 40.6 Å². The second kappa shape index (κ2) is 6.50. The van der Waals surface area contributed by atoms with Crippen LogP contribution in [0.15, 0.2) is 40.4 Å². The summed E-state index contributed by atoms with van der Waals surface area (Å²) in [7, 11) is 0. The van der Waals surface area contributed by atoms with Gasteiger partial charge in [-0.25, -0.2) is 4.79 Å². The van der Waals surface area contributed by atoms with E-state index < -0.39 is 29.0 Å². The van der Waals surface area contributed by atoms with E-state index in [0.717, 1.165) is 0 Å². The molecule has 0 aromatic heterocycles. The number of benzene rings is 1. The van der Waals surface area contributed by atoms with Crippen LogP contribution >= 0.6 is 11.8 Å². The van der Waals surface area contributed by atoms with Crippen molar-refractivity contribution in [3.63, 3.8) is 0 Å². The number of isocyanates is 1. The van der Waals surface area contributed by atoms with Crippen LogP contribution in [0.3, 0.4) is 0 Å². The number of aliphatic imine (C=N–C) groups is 1. The highest BCUT2D eigenvalue weighted by atomic mass is 32.2. The van der Waals surface area contributed by atoms with Crippen molar-refractivity contribution >= 4 is 23.5 Å². The molecular weight excluding hydrogens is 364 g/mol. The number of nitrogens with zero attached hydrogens (tertiary/aromatic N) is 1.